The second kappa shape index (κ2) is 10.5. The lowest BCUT2D eigenvalue weighted by Crippen LogP contribution is -2.43. The number of methoxy groups -OCH3 is 1. The molecule has 2 fully saturated rings. The Bertz CT molecular complexity index is 854. The van der Waals surface area contributed by atoms with Crippen LogP contribution >= 0.6 is 0 Å². The van der Waals surface area contributed by atoms with Gasteiger partial charge in [0.15, 0.2) is 6.10 Å². The maximum absolute atomic E-state index is 12.9. The standard InChI is InChI=1S/C22H32N2O6S/c1-17(21(25)23-13-5-3-4-6-14-23)30-22(26)18-11-15-24(16-12-18)31(27,28)20-9-7-19(29-2)8-10-20/h7-10,17-18H,3-6,11-16H2,1-2H3/t17-/m1/s1. The third-order valence-corrected chi connectivity index (χ3v) is 7.96. The molecule has 0 unspecified atom stereocenters. The molecule has 1 atom stereocenters. The first-order chi connectivity index (χ1) is 14.8. The summed E-state index contributed by atoms with van der Waals surface area (Å²) < 4.78 is 37.6. The Kier molecular flexibility index (Phi) is 7.94. The number of carbonyl (C=O) groups excluding carboxylic acids is 2. The van der Waals surface area contributed by atoms with Crippen LogP contribution in [0.25, 0.3) is 0 Å². The number of amides is 1. The first-order valence-corrected chi connectivity index (χ1v) is 12.4. The molecule has 2 saturated heterocycles. The van der Waals surface area contributed by atoms with Crippen LogP contribution in [0.5, 0.6) is 5.75 Å². The van der Waals surface area contributed by atoms with Crippen molar-refractivity contribution in [3.63, 3.8) is 0 Å². The van der Waals surface area contributed by atoms with E-state index >= 15 is 0 Å². The number of rotatable bonds is 6. The van der Waals surface area contributed by atoms with Crippen LogP contribution in [0.15, 0.2) is 29.2 Å². The van der Waals surface area contributed by atoms with Crippen LogP contribution in [0.2, 0.25) is 0 Å². The Labute approximate surface area is 184 Å². The second-order valence-electron chi connectivity index (χ2n) is 8.17. The molecule has 172 valence electrons. The summed E-state index contributed by atoms with van der Waals surface area (Å²) in [6, 6.07) is 6.26. The van der Waals surface area contributed by atoms with E-state index < -0.39 is 28.0 Å². The maximum Gasteiger partial charge on any atom is 0.309 e. The van der Waals surface area contributed by atoms with E-state index in [1.165, 1.54) is 23.5 Å². The van der Waals surface area contributed by atoms with Crippen molar-refractivity contribution in [3.8, 4) is 5.75 Å². The predicted molar refractivity (Wildman–Crippen MR) is 115 cm³/mol. The third kappa shape index (κ3) is 5.77. The molecule has 0 bridgehead atoms. The Morgan fingerprint density at radius 1 is 0.968 bits per heavy atom. The summed E-state index contributed by atoms with van der Waals surface area (Å²) >= 11 is 0. The molecule has 2 aliphatic rings. The van der Waals surface area contributed by atoms with Crippen molar-refractivity contribution in [3.05, 3.63) is 24.3 Å². The van der Waals surface area contributed by atoms with Gasteiger partial charge in [0, 0.05) is 26.2 Å². The molecular weight excluding hydrogens is 420 g/mol. The first kappa shape index (κ1) is 23.5. The first-order valence-electron chi connectivity index (χ1n) is 11.0. The van der Waals surface area contributed by atoms with E-state index in [1.807, 2.05) is 0 Å². The molecule has 1 aromatic rings. The average molecular weight is 453 g/mol. The van der Waals surface area contributed by atoms with Crippen LogP contribution in [0.4, 0.5) is 0 Å². The van der Waals surface area contributed by atoms with Crippen molar-refractivity contribution in [1.82, 2.24) is 9.21 Å². The number of benzene rings is 1. The number of hydrogen-bond donors (Lipinski definition) is 0. The summed E-state index contributed by atoms with van der Waals surface area (Å²) in [4.78, 5) is 27.2. The van der Waals surface area contributed by atoms with Gasteiger partial charge < -0.3 is 14.4 Å². The molecule has 1 amide bonds. The van der Waals surface area contributed by atoms with Gasteiger partial charge in [-0.3, -0.25) is 9.59 Å². The van der Waals surface area contributed by atoms with Crippen molar-refractivity contribution in [2.24, 2.45) is 5.92 Å². The summed E-state index contributed by atoms with van der Waals surface area (Å²) in [5, 5.41) is 0. The van der Waals surface area contributed by atoms with E-state index in [1.54, 1.807) is 24.0 Å². The Morgan fingerprint density at radius 3 is 2.10 bits per heavy atom. The van der Waals surface area contributed by atoms with Gasteiger partial charge in [0.05, 0.1) is 17.9 Å². The minimum Gasteiger partial charge on any atom is -0.497 e. The Morgan fingerprint density at radius 2 is 1.55 bits per heavy atom. The molecule has 9 heteroatoms. The molecule has 1 aromatic carbocycles. The summed E-state index contributed by atoms with van der Waals surface area (Å²) in [7, 11) is -2.10. The van der Waals surface area contributed by atoms with Crippen molar-refractivity contribution < 1.29 is 27.5 Å². The number of carbonyl (C=O) groups is 2. The highest BCUT2D eigenvalue weighted by molar-refractivity contribution is 7.89. The number of esters is 1. The molecule has 0 spiro atoms. The number of ether oxygens (including phenoxy) is 2. The zero-order valence-corrected chi connectivity index (χ0v) is 19.1. The lowest BCUT2D eigenvalue weighted by molar-refractivity contribution is -0.163. The van der Waals surface area contributed by atoms with Gasteiger partial charge >= 0.3 is 5.97 Å². The minimum absolute atomic E-state index is 0.144. The van der Waals surface area contributed by atoms with E-state index in [-0.39, 0.29) is 23.9 Å². The van der Waals surface area contributed by atoms with Crippen LogP contribution in [0.3, 0.4) is 0 Å². The molecule has 8 nitrogen and oxygen atoms in total. The van der Waals surface area contributed by atoms with Crippen LogP contribution < -0.4 is 4.74 Å². The Hall–Kier alpha value is -2.13. The van der Waals surface area contributed by atoms with E-state index in [0.717, 1.165) is 25.7 Å². The van der Waals surface area contributed by atoms with Gasteiger partial charge in [-0.25, -0.2) is 8.42 Å². The van der Waals surface area contributed by atoms with E-state index in [2.05, 4.69) is 0 Å². The van der Waals surface area contributed by atoms with Gasteiger partial charge in [-0.2, -0.15) is 4.31 Å². The zero-order chi connectivity index (χ0) is 22.4. The topological polar surface area (TPSA) is 93.2 Å². The molecular formula is C22H32N2O6S. The molecule has 0 saturated carbocycles. The fraction of sp³-hybridized carbons (Fsp3) is 0.636. The van der Waals surface area contributed by atoms with Gasteiger partial charge in [-0.15, -0.1) is 0 Å². The van der Waals surface area contributed by atoms with Gasteiger partial charge in [0.25, 0.3) is 5.91 Å². The molecule has 0 radical (unpaired) electrons. The van der Waals surface area contributed by atoms with E-state index in [4.69, 9.17) is 9.47 Å². The number of sulfonamides is 1. The van der Waals surface area contributed by atoms with Crippen LogP contribution in [0.1, 0.15) is 45.4 Å². The second-order valence-corrected chi connectivity index (χ2v) is 10.1. The molecule has 2 aliphatic heterocycles. The Balaban J connectivity index is 1.52. The molecule has 31 heavy (non-hydrogen) atoms. The van der Waals surface area contributed by atoms with Gasteiger partial charge in [-0.1, -0.05) is 12.8 Å². The highest BCUT2D eigenvalue weighted by atomic mass is 32.2. The normalized spacial score (nSPS) is 20.0. The lowest BCUT2D eigenvalue weighted by Gasteiger charge is -2.31. The molecule has 2 heterocycles. The summed E-state index contributed by atoms with van der Waals surface area (Å²) in [5.74, 6) is -0.377. The molecule has 0 N–H and O–H groups in total. The largest absolute Gasteiger partial charge is 0.497 e. The monoisotopic (exact) mass is 452 g/mol. The third-order valence-electron chi connectivity index (χ3n) is 6.04. The molecule has 0 aromatic heterocycles. The summed E-state index contributed by atoms with van der Waals surface area (Å²) in [6.07, 6.45) is 4.14. The zero-order valence-electron chi connectivity index (χ0n) is 18.3. The highest BCUT2D eigenvalue weighted by Gasteiger charge is 2.34. The lowest BCUT2D eigenvalue weighted by atomic mass is 9.98. The smallest absolute Gasteiger partial charge is 0.309 e. The highest BCUT2D eigenvalue weighted by Crippen LogP contribution is 2.26. The van der Waals surface area contributed by atoms with Gasteiger partial charge in [0.2, 0.25) is 10.0 Å². The number of hydrogen-bond acceptors (Lipinski definition) is 6. The van der Waals surface area contributed by atoms with Crippen molar-refractivity contribution in [2.75, 3.05) is 33.3 Å². The van der Waals surface area contributed by atoms with Crippen LogP contribution in [-0.2, 0) is 24.3 Å². The van der Waals surface area contributed by atoms with E-state index in [9.17, 15) is 18.0 Å². The number of likely N-dealkylation sites (tertiary alicyclic amines) is 1. The van der Waals surface area contributed by atoms with Crippen LogP contribution in [-0.4, -0.2) is 68.9 Å². The summed E-state index contributed by atoms with van der Waals surface area (Å²) in [6.45, 7) is 3.52. The van der Waals surface area contributed by atoms with Crippen LogP contribution in [0, 0.1) is 5.92 Å². The van der Waals surface area contributed by atoms with Gasteiger partial charge in [-0.05, 0) is 56.9 Å². The fourth-order valence-electron chi connectivity index (χ4n) is 4.10. The van der Waals surface area contributed by atoms with Gasteiger partial charge in [0.1, 0.15) is 5.75 Å². The predicted octanol–water partition coefficient (Wildman–Crippen LogP) is 2.43. The average Bonchev–Trinajstić information content (AvgIpc) is 3.08. The molecule has 3 rings (SSSR count). The quantitative estimate of drug-likeness (QED) is 0.616. The fourth-order valence-corrected chi connectivity index (χ4v) is 5.57. The van der Waals surface area contributed by atoms with E-state index in [0.29, 0.717) is 31.7 Å². The number of piperidine rings is 1. The maximum atomic E-state index is 12.9. The number of nitrogens with zero attached hydrogens (tertiary/aromatic N) is 2. The van der Waals surface area contributed by atoms with Crippen molar-refractivity contribution >= 4 is 21.9 Å². The van der Waals surface area contributed by atoms with Crippen molar-refractivity contribution in [1.29, 1.82) is 0 Å². The minimum atomic E-state index is -3.63. The SMILES string of the molecule is COc1ccc(S(=O)(=O)N2CCC(C(=O)O[C@H](C)C(=O)N3CCCCCC3)CC2)cc1. The summed E-state index contributed by atoms with van der Waals surface area (Å²) in [5.41, 5.74) is 0. The molecule has 0 aliphatic carbocycles. The van der Waals surface area contributed by atoms with Crippen molar-refractivity contribution in [2.45, 2.75) is 56.4 Å².